The van der Waals surface area contributed by atoms with E-state index >= 15 is 0 Å². The molecule has 1 amide bonds. The summed E-state index contributed by atoms with van der Waals surface area (Å²) in [7, 11) is 1.54. The minimum absolute atomic E-state index is 0.0823. The number of aryl methyl sites for hydroxylation is 1. The zero-order valence-corrected chi connectivity index (χ0v) is 22.7. The molecular weight excluding hydrogens is 508 g/mol. The minimum Gasteiger partial charge on any atom is -0.497 e. The second kappa shape index (κ2) is 13.3. The van der Waals surface area contributed by atoms with Crippen LogP contribution in [0.5, 0.6) is 11.5 Å². The highest BCUT2D eigenvalue weighted by atomic mass is 16.6. The van der Waals surface area contributed by atoms with Crippen LogP contribution in [0.15, 0.2) is 89.4 Å². The van der Waals surface area contributed by atoms with Gasteiger partial charge in [0.15, 0.2) is 0 Å². The molecule has 0 saturated carbocycles. The molecule has 0 radical (unpaired) electrons. The van der Waals surface area contributed by atoms with Gasteiger partial charge in [-0.2, -0.15) is 0 Å². The van der Waals surface area contributed by atoms with Gasteiger partial charge in [0.05, 0.1) is 12.8 Å². The van der Waals surface area contributed by atoms with Crippen LogP contribution in [0.4, 0.5) is 4.79 Å². The summed E-state index contributed by atoms with van der Waals surface area (Å²) in [6.07, 6.45) is 4.09. The number of nitrogens with zero attached hydrogens (tertiary/aromatic N) is 2. The topological polar surface area (TPSA) is 102 Å². The number of oxazole rings is 1. The lowest BCUT2D eigenvalue weighted by Crippen LogP contribution is -2.37. The summed E-state index contributed by atoms with van der Waals surface area (Å²) in [6.45, 7) is 3.63. The summed E-state index contributed by atoms with van der Waals surface area (Å²) < 4.78 is 16.4. The van der Waals surface area contributed by atoms with E-state index in [1.165, 1.54) is 0 Å². The van der Waals surface area contributed by atoms with Crippen molar-refractivity contribution < 1.29 is 28.6 Å². The number of amides is 1. The molecular formula is C32H32N2O6. The summed E-state index contributed by atoms with van der Waals surface area (Å²) >= 11 is 0. The zero-order chi connectivity index (χ0) is 28.5. The third-order valence-electron chi connectivity index (χ3n) is 6.22. The fourth-order valence-corrected chi connectivity index (χ4v) is 4.14. The SMILES string of the molecule is COc1ccc(OC(=O)N(CC(=O)O)Cc2cccc(/C=C/C(C)Cc3nc(-c4ccccc4)oc3C)c2)cc1. The van der Waals surface area contributed by atoms with Crippen LogP contribution in [-0.2, 0) is 17.8 Å². The van der Waals surface area contributed by atoms with E-state index in [0.29, 0.717) is 17.4 Å². The second-order valence-corrected chi connectivity index (χ2v) is 9.47. The molecule has 1 N–H and O–H groups in total. The number of carboxylic acids is 1. The number of ether oxygens (including phenoxy) is 2. The van der Waals surface area contributed by atoms with Gasteiger partial charge in [-0.25, -0.2) is 9.78 Å². The van der Waals surface area contributed by atoms with E-state index in [0.717, 1.165) is 39.5 Å². The number of aromatic nitrogens is 1. The normalized spacial score (nSPS) is 11.8. The number of rotatable bonds is 11. The zero-order valence-electron chi connectivity index (χ0n) is 22.7. The van der Waals surface area contributed by atoms with Crippen molar-refractivity contribution in [2.24, 2.45) is 5.92 Å². The highest BCUT2D eigenvalue weighted by Gasteiger charge is 2.20. The van der Waals surface area contributed by atoms with Gasteiger partial charge in [0, 0.05) is 12.1 Å². The molecule has 0 aliphatic carbocycles. The monoisotopic (exact) mass is 540 g/mol. The Bertz CT molecular complexity index is 1460. The van der Waals surface area contributed by atoms with E-state index in [-0.39, 0.29) is 12.5 Å². The van der Waals surface area contributed by atoms with E-state index in [1.807, 2.05) is 67.6 Å². The van der Waals surface area contributed by atoms with Crippen LogP contribution in [-0.4, -0.2) is 40.7 Å². The number of hydrogen-bond donors (Lipinski definition) is 1. The first kappa shape index (κ1) is 28.2. The van der Waals surface area contributed by atoms with E-state index < -0.39 is 18.6 Å². The molecule has 4 aromatic rings. The largest absolute Gasteiger partial charge is 0.497 e. The molecule has 0 spiro atoms. The number of allylic oxidation sites excluding steroid dienone is 1. The number of benzene rings is 3. The van der Waals surface area contributed by atoms with Crippen molar-refractivity contribution in [1.82, 2.24) is 9.88 Å². The number of methoxy groups -OCH3 is 1. The summed E-state index contributed by atoms with van der Waals surface area (Å²) in [5.41, 5.74) is 3.58. The molecule has 8 heteroatoms. The first-order valence-electron chi connectivity index (χ1n) is 12.9. The molecule has 4 rings (SSSR count). The van der Waals surface area contributed by atoms with Crippen molar-refractivity contribution in [2.45, 2.75) is 26.8 Å². The maximum atomic E-state index is 12.8. The maximum absolute atomic E-state index is 12.8. The predicted octanol–water partition coefficient (Wildman–Crippen LogP) is 6.64. The Labute approximate surface area is 233 Å². The third-order valence-corrected chi connectivity index (χ3v) is 6.22. The van der Waals surface area contributed by atoms with Gasteiger partial charge < -0.3 is 19.0 Å². The van der Waals surface area contributed by atoms with Gasteiger partial charge in [-0.3, -0.25) is 9.69 Å². The van der Waals surface area contributed by atoms with Crippen LogP contribution in [0, 0.1) is 12.8 Å². The molecule has 1 unspecified atom stereocenters. The van der Waals surface area contributed by atoms with Gasteiger partial charge in [0.2, 0.25) is 5.89 Å². The van der Waals surface area contributed by atoms with Gasteiger partial charge in [-0.05, 0) is 72.9 Å². The fourth-order valence-electron chi connectivity index (χ4n) is 4.14. The number of carboxylic acid groups (broad SMARTS) is 1. The molecule has 0 fully saturated rings. The van der Waals surface area contributed by atoms with Gasteiger partial charge >= 0.3 is 12.1 Å². The number of hydrogen-bond acceptors (Lipinski definition) is 6. The van der Waals surface area contributed by atoms with Crippen LogP contribution in [0.25, 0.3) is 17.5 Å². The number of carbonyl (C=O) groups excluding carboxylic acids is 1. The fraction of sp³-hybridized carbons (Fsp3) is 0.219. The van der Waals surface area contributed by atoms with E-state index in [1.54, 1.807) is 31.4 Å². The molecule has 40 heavy (non-hydrogen) atoms. The molecule has 8 nitrogen and oxygen atoms in total. The first-order chi connectivity index (χ1) is 19.3. The highest BCUT2D eigenvalue weighted by molar-refractivity contribution is 5.78. The minimum atomic E-state index is -1.13. The van der Waals surface area contributed by atoms with Gasteiger partial charge in [-0.15, -0.1) is 0 Å². The Hall–Kier alpha value is -4.85. The van der Waals surface area contributed by atoms with Gasteiger partial charge in [-0.1, -0.05) is 55.5 Å². The van der Waals surface area contributed by atoms with Crippen molar-refractivity contribution in [2.75, 3.05) is 13.7 Å². The Kier molecular flexibility index (Phi) is 9.35. The Morgan fingerprint density at radius 1 is 1.02 bits per heavy atom. The summed E-state index contributed by atoms with van der Waals surface area (Å²) in [5, 5.41) is 9.36. The molecule has 206 valence electrons. The predicted molar refractivity (Wildman–Crippen MR) is 152 cm³/mol. The molecule has 0 bridgehead atoms. The quantitative estimate of drug-likeness (QED) is 0.228. The lowest BCUT2D eigenvalue weighted by molar-refractivity contribution is -0.138. The van der Waals surface area contributed by atoms with Gasteiger partial charge in [0.25, 0.3) is 0 Å². The van der Waals surface area contributed by atoms with E-state index in [9.17, 15) is 14.7 Å². The van der Waals surface area contributed by atoms with Gasteiger partial charge in [0.1, 0.15) is 23.8 Å². The first-order valence-corrected chi connectivity index (χ1v) is 12.9. The maximum Gasteiger partial charge on any atom is 0.416 e. The Morgan fingerprint density at radius 3 is 2.45 bits per heavy atom. The number of aliphatic carboxylic acids is 1. The molecule has 0 aliphatic rings. The Morgan fingerprint density at radius 2 is 1.75 bits per heavy atom. The van der Waals surface area contributed by atoms with Crippen molar-refractivity contribution in [3.8, 4) is 23.0 Å². The lowest BCUT2D eigenvalue weighted by atomic mass is 10.0. The van der Waals surface area contributed by atoms with Crippen LogP contribution < -0.4 is 9.47 Å². The average Bonchev–Trinajstić information content (AvgIpc) is 3.32. The van der Waals surface area contributed by atoms with E-state index in [2.05, 4.69) is 13.0 Å². The van der Waals surface area contributed by atoms with Crippen molar-refractivity contribution >= 4 is 18.1 Å². The standard InChI is InChI=1S/C32H32N2O6/c1-22(18-29-23(2)39-31(33-29)26-10-5-4-6-11-26)12-13-24-8-7-9-25(19-24)20-34(21-30(35)36)32(37)40-28-16-14-27(38-3)15-17-28/h4-17,19,22H,18,20-21H2,1-3H3,(H,35,36)/b13-12+. The summed E-state index contributed by atoms with van der Waals surface area (Å²) in [5.74, 6) is 1.41. The molecule has 1 heterocycles. The van der Waals surface area contributed by atoms with Crippen LogP contribution in [0.3, 0.4) is 0 Å². The number of carbonyl (C=O) groups is 2. The van der Waals surface area contributed by atoms with Crippen LogP contribution in [0.2, 0.25) is 0 Å². The van der Waals surface area contributed by atoms with Crippen molar-refractivity contribution in [3.63, 3.8) is 0 Å². The molecule has 3 aromatic carbocycles. The molecule has 1 aromatic heterocycles. The lowest BCUT2D eigenvalue weighted by Gasteiger charge is -2.20. The van der Waals surface area contributed by atoms with Crippen LogP contribution >= 0.6 is 0 Å². The highest BCUT2D eigenvalue weighted by Crippen LogP contribution is 2.24. The third kappa shape index (κ3) is 7.83. The summed E-state index contributed by atoms with van der Waals surface area (Å²) in [4.78, 5) is 30.1. The smallest absolute Gasteiger partial charge is 0.416 e. The van der Waals surface area contributed by atoms with Crippen LogP contribution in [0.1, 0.15) is 29.5 Å². The van der Waals surface area contributed by atoms with E-state index in [4.69, 9.17) is 18.9 Å². The molecule has 0 aliphatic heterocycles. The average molecular weight is 541 g/mol. The summed E-state index contributed by atoms with van der Waals surface area (Å²) in [6, 6.07) is 23.9. The second-order valence-electron chi connectivity index (χ2n) is 9.47. The van der Waals surface area contributed by atoms with Crippen molar-refractivity contribution in [1.29, 1.82) is 0 Å². The Balaban J connectivity index is 1.40. The molecule has 0 saturated heterocycles. The molecule has 1 atom stereocenters. The van der Waals surface area contributed by atoms with Crippen molar-refractivity contribution in [3.05, 3.63) is 108 Å².